The Bertz CT molecular complexity index is 344. The van der Waals surface area contributed by atoms with Crippen molar-refractivity contribution in [1.82, 2.24) is 0 Å². The van der Waals surface area contributed by atoms with Crippen molar-refractivity contribution in [1.29, 1.82) is 0 Å². The van der Waals surface area contributed by atoms with E-state index < -0.39 is 0 Å². The third-order valence-electron chi connectivity index (χ3n) is 1.72. The molecule has 0 spiro atoms. The molecule has 0 aromatic heterocycles. The quantitative estimate of drug-likeness (QED) is 0.539. The fourth-order valence-corrected chi connectivity index (χ4v) is 1.17. The molecule has 1 heteroatoms. The lowest BCUT2D eigenvalue weighted by atomic mass is 10.1. The first kappa shape index (κ1) is 9.59. The predicted molar refractivity (Wildman–Crippen MR) is 59.3 cm³/mol. The zero-order valence-electron chi connectivity index (χ0n) is 8.17. The Balaban J connectivity index is 2.96. The van der Waals surface area contributed by atoms with Crippen molar-refractivity contribution < 1.29 is 0 Å². The molecule has 1 nitrogen and oxygen atoms in total. The molecule has 0 fully saturated rings. The minimum atomic E-state index is 0.779. The van der Waals surface area contributed by atoms with Crippen molar-refractivity contribution in [2.24, 2.45) is 0 Å². The lowest BCUT2D eigenvalue weighted by Crippen LogP contribution is -1.86. The van der Waals surface area contributed by atoms with Crippen LogP contribution in [0, 0.1) is 0 Å². The molecular formula is C12H15N. The third-order valence-corrected chi connectivity index (χ3v) is 1.72. The summed E-state index contributed by atoms with van der Waals surface area (Å²) in [6.07, 6.45) is 2.05. The molecule has 0 aliphatic carbocycles. The Morgan fingerprint density at radius 2 is 2.08 bits per heavy atom. The van der Waals surface area contributed by atoms with Gasteiger partial charge in [0.1, 0.15) is 0 Å². The minimum Gasteiger partial charge on any atom is -0.399 e. The van der Waals surface area contributed by atoms with Crippen LogP contribution in [-0.4, -0.2) is 0 Å². The van der Waals surface area contributed by atoms with Gasteiger partial charge in [-0.1, -0.05) is 30.4 Å². The van der Waals surface area contributed by atoms with Crippen LogP contribution >= 0.6 is 0 Å². The van der Waals surface area contributed by atoms with Gasteiger partial charge in [-0.3, -0.25) is 0 Å². The maximum absolute atomic E-state index is 5.67. The maximum atomic E-state index is 5.67. The second kappa shape index (κ2) is 3.94. The van der Waals surface area contributed by atoms with E-state index in [0.29, 0.717) is 0 Å². The number of rotatable bonds is 2. The summed E-state index contributed by atoms with van der Waals surface area (Å²) in [5.74, 6) is 0. The third kappa shape index (κ3) is 2.79. The van der Waals surface area contributed by atoms with Crippen molar-refractivity contribution in [3.05, 3.63) is 48.1 Å². The number of nitrogen functional groups attached to an aromatic ring is 1. The van der Waals surface area contributed by atoms with Gasteiger partial charge in [0, 0.05) is 5.69 Å². The monoisotopic (exact) mass is 173 g/mol. The average Bonchev–Trinajstić information content (AvgIpc) is 2.03. The van der Waals surface area contributed by atoms with Crippen LogP contribution in [0.2, 0.25) is 0 Å². The van der Waals surface area contributed by atoms with Gasteiger partial charge in [-0.25, -0.2) is 0 Å². The van der Waals surface area contributed by atoms with E-state index in [9.17, 15) is 0 Å². The summed E-state index contributed by atoms with van der Waals surface area (Å²) in [6.45, 7) is 8.08. The van der Waals surface area contributed by atoms with E-state index in [0.717, 1.165) is 16.8 Å². The highest BCUT2D eigenvalue weighted by Gasteiger charge is 1.95. The van der Waals surface area contributed by atoms with E-state index in [4.69, 9.17) is 5.73 Å². The van der Waals surface area contributed by atoms with E-state index in [1.807, 2.05) is 24.3 Å². The van der Waals surface area contributed by atoms with E-state index in [-0.39, 0.29) is 0 Å². The summed E-state index contributed by atoms with van der Waals surface area (Å²) in [7, 11) is 0. The second-order valence-electron chi connectivity index (χ2n) is 3.37. The molecule has 1 aromatic rings. The first-order chi connectivity index (χ1) is 6.09. The molecule has 68 valence electrons. The SMILES string of the molecule is C=C(C=C(C)C)c1cccc(N)c1. The minimum absolute atomic E-state index is 0.779. The summed E-state index contributed by atoms with van der Waals surface area (Å²) in [5.41, 5.74) is 9.78. The molecule has 0 unspecified atom stereocenters. The summed E-state index contributed by atoms with van der Waals surface area (Å²) in [5, 5.41) is 0. The largest absolute Gasteiger partial charge is 0.399 e. The van der Waals surface area contributed by atoms with Gasteiger partial charge in [-0.2, -0.15) is 0 Å². The van der Waals surface area contributed by atoms with Crippen LogP contribution in [0.15, 0.2) is 42.5 Å². The summed E-state index contributed by atoms with van der Waals surface area (Å²) < 4.78 is 0. The molecule has 1 aromatic carbocycles. The molecule has 0 aliphatic rings. The highest BCUT2D eigenvalue weighted by Crippen LogP contribution is 2.17. The molecule has 2 N–H and O–H groups in total. The Labute approximate surface area is 79.6 Å². The molecule has 0 saturated carbocycles. The van der Waals surface area contributed by atoms with Crippen LogP contribution in [0.4, 0.5) is 5.69 Å². The van der Waals surface area contributed by atoms with Crippen molar-refractivity contribution in [2.75, 3.05) is 5.73 Å². The molecule has 0 amide bonds. The molecule has 0 radical (unpaired) electrons. The number of nitrogens with two attached hydrogens (primary N) is 1. The standard InChI is InChI=1S/C12H15N/c1-9(2)7-10(3)11-5-4-6-12(13)8-11/h4-8H,3,13H2,1-2H3. The molecule has 0 saturated heterocycles. The van der Waals surface area contributed by atoms with E-state index in [2.05, 4.69) is 26.5 Å². The Hall–Kier alpha value is -1.50. The topological polar surface area (TPSA) is 26.0 Å². The Morgan fingerprint density at radius 1 is 1.38 bits per heavy atom. The van der Waals surface area contributed by atoms with Crippen LogP contribution in [0.3, 0.4) is 0 Å². The van der Waals surface area contributed by atoms with Crippen LogP contribution in [0.5, 0.6) is 0 Å². The van der Waals surface area contributed by atoms with Crippen LogP contribution in [0.1, 0.15) is 19.4 Å². The first-order valence-corrected chi connectivity index (χ1v) is 4.29. The summed E-state index contributed by atoms with van der Waals surface area (Å²) >= 11 is 0. The lowest BCUT2D eigenvalue weighted by molar-refractivity contribution is 1.39. The van der Waals surface area contributed by atoms with E-state index in [1.165, 1.54) is 5.57 Å². The van der Waals surface area contributed by atoms with Gasteiger partial charge >= 0.3 is 0 Å². The van der Waals surface area contributed by atoms with E-state index >= 15 is 0 Å². The highest BCUT2D eigenvalue weighted by atomic mass is 14.5. The molecule has 13 heavy (non-hydrogen) atoms. The number of hydrogen-bond donors (Lipinski definition) is 1. The average molecular weight is 173 g/mol. The first-order valence-electron chi connectivity index (χ1n) is 4.29. The van der Waals surface area contributed by atoms with Gasteiger partial charge < -0.3 is 5.73 Å². The van der Waals surface area contributed by atoms with Gasteiger partial charge in [-0.15, -0.1) is 0 Å². The van der Waals surface area contributed by atoms with E-state index in [1.54, 1.807) is 0 Å². The van der Waals surface area contributed by atoms with Crippen molar-refractivity contribution in [3.8, 4) is 0 Å². The zero-order chi connectivity index (χ0) is 9.84. The van der Waals surface area contributed by atoms with Crippen molar-refractivity contribution >= 4 is 11.3 Å². The van der Waals surface area contributed by atoms with Gasteiger partial charge in [0.2, 0.25) is 0 Å². The number of allylic oxidation sites excluding steroid dienone is 3. The van der Waals surface area contributed by atoms with Crippen molar-refractivity contribution in [3.63, 3.8) is 0 Å². The Morgan fingerprint density at radius 3 is 2.62 bits per heavy atom. The molecule has 0 heterocycles. The fraction of sp³-hybridized carbons (Fsp3) is 0.167. The number of benzene rings is 1. The van der Waals surface area contributed by atoms with Crippen LogP contribution in [0.25, 0.3) is 5.57 Å². The van der Waals surface area contributed by atoms with Crippen LogP contribution < -0.4 is 5.73 Å². The summed E-state index contributed by atoms with van der Waals surface area (Å²) in [6, 6.07) is 7.76. The summed E-state index contributed by atoms with van der Waals surface area (Å²) in [4.78, 5) is 0. The lowest BCUT2D eigenvalue weighted by Gasteiger charge is -2.02. The molecular weight excluding hydrogens is 158 g/mol. The van der Waals surface area contributed by atoms with Gasteiger partial charge in [-0.05, 0) is 37.1 Å². The second-order valence-corrected chi connectivity index (χ2v) is 3.37. The molecule has 0 bridgehead atoms. The molecule has 0 atom stereocenters. The van der Waals surface area contributed by atoms with Gasteiger partial charge in [0.25, 0.3) is 0 Å². The van der Waals surface area contributed by atoms with Gasteiger partial charge in [0.15, 0.2) is 0 Å². The van der Waals surface area contributed by atoms with Crippen LogP contribution in [-0.2, 0) is 0 Å². The predicted octanol–water partition coefficient (Wildman–Crippen LogP) is 3.25. The Kier molecular flexibility index (Phi) is 2.91. The molecule has 0 aliphatic heterocycles. The number of hydrogen-bond acceptors (Lipinski definition) is 1. The smallest absolute Gasteiger partial charge is 0.0320 e. The highest BCUT2D eigenvalue weighted by molar-refractivity contribution is 5.74. The van der Waals surface area contributed by atoms with Crippen molar-refractivity contribution in [2.45, 2.75) is 13.8 Å². The van der Waals surface area contributed by atoms with Gasteiger partial charge in [0.05, 0.1) is 0 Å². The zero-order valence-corrected chi connectivity index (χ0v) is 8.17. The molecule has 1 rings (SSSR count). The normalized spacial score (nSPS) is 9.38. The fourth-order valence-electron chi connectivity index (χ4n) is 1.17. The maximum Gasteiger partial charge on any atom is 0.0320 e. The number of anilines is 1.